The van der Waals surface area contributed by atoms with Gasteiger partial charge in [0.25, 0.3) is 5.91 Å². The molecular formula is C20H24ClN3O2S. The van der Waals surface area contributed by atoms with Crippen molar-refractivity contribution < 1.29 is 9.53 Å². The van der Waals surface area contributed by atoms with Crippen LogP contribution in [0, 0.1) is 6.92 Å². The predicted molar refractivity (Wildman–Crippen MR) is 115 cm³/mol. The first kappa shape index (κ1) is 21.2. The fourth-order valence-electron chi connectivity index (χ4n) is 2.68. The van der Waals surface area contributed by atoms with E-state index in [1.807, 2.05) is 63.5 Å². The van der Waals surface area contributed by atoms with E-state index < -0.39 is 0 Å². The van der Waals surface area contributed by atoms with E-state index >= 15 is 0 Å². The lowest BCUT2D eigenvalue weighted by molar-refractivity contribution is 0.0984. The van der Waals surface area contributed by atoms with Gasteiger partial charge >= 0.3 is 0 Å². The Labute approximate surface area is 170 Å². The maximum absolute atomic E-state index is 13.2. The van der Waals surface area contributed by atoms with Gasteiger partial charge in [0.1, 0.15) is 5.75 Å². The summed E-state index contributed by atoms with van der Waals surface area (Å²) in [5.74, 6) is 0.772. The first-order valence-electron chi connectivity index (χ1n) is 8.46. The van der Waals surface area contributed by atoms with E-state index in [0.717, 1.165) is 28.1 Å². The Morgan fingerprint density at radius 3 is 2.56 bits per heavy atom. The van der Waals surface area contributed by atoms with Crippen molar-refractivity contribution in [3.05, 3.63) is 53.6 Å². The van der Waals surface area contributed by atoms with Gasteiger partial charge in [-0.1, -0.05) is 29.5 Å². The first-order chi connectivity index (χ1) is 12.5. The number of carbonyl (C=O) groups excluding carboxylic acids is 1. The van der Waals surface area contributed by atoms with Crippen LogP contribution in [0.4, 0.5) is 5.13 Å². The third kappa shape index (κ3) is 4.77. The van der Waals surface area contributed by atoms with E-state index in [1.165, 1.54) is 11.3 Å². The van der Waals surface area contributed by atoms with Crippen molar-refractivity contribution in [2.45, 2.75) is 6.92 Å². The molecule has 2 aromatic carbocycles. The number of nitrogens with zero attached hydrogens (tertiary/aromatic N) is 3. The third-order valence-electron chi connectivity index (χ3n) is 4.21. The normalized spacial score (nSPS) is 10.7. The molecule has 0 bridgehead atoms. The maximum atomic E-state index is 13.2. The highest BCUT2D eigenvalue weighted by molar-refractivity contribution is 7.22. The van der Waals surface area contributed by atoms with Crippen LogP contribution in [0.15, 0.2) is 42.5 Å². The first-order valence-corrected chi connectivity index (χ1v) is 9.28. The molecule has 0 aliphatic heterocycles. The molecule has 0 unspecified atom stereocenters. The molecule has 0 N–H and O–H groups in total. The zero-order valence-electron chi connectivity index (χ0n) is 15.9. The molecule has 1 aromatic heterocycles. The van der Waals surface area contributed by atoms with Crippen LogP contribution in [0.5, 0.6) is 5.75 Å². The number of hydrogen-bond donors (Lipinski definition) is 0. The highest BCUT2D eigenvalue weighted by Crippen LogP contribution is 2.32. The van der Waals surface area contributed by atoms with E-state index in [2.05, 4.69) is 4.90 Å². The van der Waals surface area contributed by atoms with E-state index in [0.29, 0.717) is 17.2 Å². The summed E-state index contributed by atoms with van der Waals surface area (Å²) in [5.41, 5.74) is 2.55. The molecule has 7 heteroatoms. The van der Waals surface area contributed by atoms with Gasteiger partial charge in [0.05, 0.1) is 17.3 Å². The lowest BCUT2D eigenvalue weighted by Crippen LogP contribution is -2.37. The molecule has 0 spiro atoms. The number of halogens is 1. The van der Waals surface area contributed by atoms with E-state index in [1.54, 1.807) is 12.0 Å². The van der Waals surface area contributed by atoms with Gasteiger partial charge < -0.3 is 9.64 Å². The number of aromatic nitrogens is 1. The molecule has 0 saturated heterocycles. The number of likely N-dealkylation sites (N-methyl/N-ethyl adjacent to an activating group) is 1. The lowest BCUT2D eigenvalue weighted by atomic mass is 10.1. The maximum Gasteiger partial charge on any atom is 0.260 e. The molecule has 5 nitrogen and oxygen atoms in total. The minimum atomic E-state index is -0.0176. The van der Waals surface area contributed by atoms with Crippen molar-refractivity contribution in [3.63, 3.8) is 0 Å². The van der Waals surface area contributed by atoms with Crippen molar-refractivity contribution in [3.8, 4) is 5.75 Å². The number of hydrogen-bond acceptors (Lipinski definition) is 5. The number of ether oxygens (including phenoxy) is 1. The standard InChI is InChI=1S/C20H23N3O2S.ClH/c1-14-7-5-6-8-16(14)19(24)23(12-11-22(2)3)20-21-17-10-9-15(25-4)13-18(17)26-20;/h5-10,13H,11-12H2,1-4H3;1H. The van der Waals surface area contributed by atoms with E-state index in [9.17, 15) is 4.79 Å². The van der Waals surface area contributed by atoms with Crippen LogP contribution in [0.1, 0.15) is 15.9 Å². The second-order valence-electron chi connectivity index (χ2n) is 6.41. The fraction of sp³-hybridized carbons (Fsp3) is 0.300. The Morgan fingerprint density at radius 2 is 1.89 bits per heavy atom. The summed E-state index contributed by atoms with van der Waals surface area (Å²) in [5, 5.41) is 0.711. The Hall–Kier alpha value is -2.15. The fourth-order valence-corrected chi connectivity index (χ4v) is 3.70. The average Bonchev–Trinajstić information content (AvgIpc) is 3.04. The number of carbonyl (C=O) groups is 1. The summed E-state index contributed by atoms with van der Waals surface area (Å²) in [4.78, 5) is 21.8. The molecule has 0 fully saturated rings. The van der Waals surface area contributed by atoms with E-state index in [4.69, 9.17) is 9.72 Å². The molecule has 144 valence electrons. The van der Waals surface area contributed by atoms with Gasteiger partial charge in [-0.3, -0.25) is 9.69 Å². The number of aryl methyl sites for hydroxylation is 1. The van der Waals surface area contributed by atoms with Gasteiger partial charge in [-0.15, -0.1) is 12.4 Å². The number of benzene rings is 2. The summed E-state index contributed by atoms with van der Waals surface area (Å²) >= 11 is 1.51. The number of amides is 1. The van der Waals surface area contributed by atoms with E-state index in [-0.39, 0.29) is 18.3 Å². The third-order valence-corrected chi connectivity index (χ3v) is 5.25. The van der Waals surface area contributed by atoms with Gasteiger partial charge in [-0.05, 0) is 50.8 Å². The quantitative estimate of drug-likeness (QED) is 0.615. The number of anilines is 1. The van der Waals surface area contributed by atoms with Crippen LogP contribution in [0.25, 0.3) is 10.2 Å². The average molecular weight is 406 g/mol. The lowest BCUT2D eigenvalue weighted by Gasteiger charge is -2.22. The molecule has 1 heterocycles. The van der Waals surface area contributed by atoms with Gasteiger partial charge in [0.2, 0.25) is 0 Å². The Morgan fingerprint density at radius 1 is 1.15 bits per heavy atom. The van der Waals surface area contributed by atoms with Crippen molar-refractivity contribution in [2.24, 2.45) is 0 Å². The van der Waals surface area contributed by atoms with Crippen LogP contribution in [0.2, 0.25) is 0 Å². The molecular weight excluding hydrogens is 382 g/mol. The van der Waals surface area contributed by atoms with Gasteiger partial charge in [0, 0.05) is 18.7 Å². The number of rotatable bonds is 6. The number of methoxy groups -OCH3 is 1. The van der Waals surface area contributed by atoms with Gasteiger partial charge in [-0.25, -0.2) is 4.98 Å². The Bertz CT molecular complexity index is 926. The molecule has 0 atom stereocenters. The number of fused-ring (bicyclic) bond motifs is 1. The zero-order valence-corrected chi connectivity index (χ0v) is 17.6. The van der Waals surface area contributed by atoms with Crippen LogP contribution >= 0.6 is 23.7 Å². The summed E-state index contributed by atoms with van der Waals surface area (Å²) in [7, 11) is 5.65. The highest BCUT2D eigenvalue weighted by Gasteiger charge is 2.22. The molecule has 0 aliphatic carbocycles. The molecule has 3 rings (SSSR count). The largest absolute Gasteiger partial charge is 0.497 e. The van der Waals surface area contributed by atoms with Crippen molar-refractivity contribution in [1.29, 1.82) is 0 Å². The van der Waals surface area contributed by atoms with Crippen molar-refractivity contribution >= 4 is 45.0 Å². The summed E-state index contributed by atoms with van der Waals surface area (Å²) < 4.78 is 6.30. The van der Waals surface area contributed by atoms with Crippen molar-refractivity contribution in [1.82, 2.24) is 9.88 Å². The molecule has 3 aromatic rings. The van der Waals surface area contributed by atoms with Crippen LogP contribution < -0.4 is 9.64 Å². The highest BCUT2D eigenvalue weighted by atomic mass is 35.5. The molecule has 1 amide bonds. The van der Waals surface area contributed by atoms with Crippen LogP contribution in [-0.2, 0) is 0 Å². The minimum Gasteiger partial charge on any atom is -0.497 e. The molecule has 27 heavy (non-hydrogen) atoms. The monoisotopic (exact) mass is 405 g/mol. The second-order valence-corrected chi connectivity index (χ2v) is 7.41. The topological polar surface area (TPSA) is 45.7 Å². The van der Waals surface area contributed by atoms with Crippen molar-refractivity contribution in [2.75, 3.05) is 39.2 Å². The smallest absolute Gasteiger partial charge is 0.260 e. The van der Waals surface area contributed by atoms with Gasteiger partial charge in [-0.2, -0.15) is 0 Å². The molecule has 0 radical (unpaired) electrons. The minimum absolute atomic E-state index is 0. The molecule has 0 saturated carbocycles. The van der Waals surface area contributed by atoms with Crippen LogP contribution in [0.3, 0.4) is 0 Å². The van der Waals surface area contributed by atoms with Crippen LogP contribution in [-0.4, -0.2) is 50.1 Å². The van der Waals surface area contributed by atoms with Gasteiger partial charge in [0.15, 0.2) is 5.13 Å². The molecule has 0 aliphatic rings. The number of thiazole rings is 1. The Kier molecular flexibility index (Phi) is 7.18. The predicted octanol–water partition coefficient (Wildman–Crippen LogP) is 4.24. The summed E-state index contributed by atoms with van der Waals surface area (Å²) in [6, 6.07) is 13.4. The second kappa shape index (κ2) is 9.17. The Balaban J connectivity index is 0.00000261. The summed E-state index contributed by atoms with van der Waals surface area (Å²) in [6.45, 7) is 3.30. The SMILES string of the molecule is COc1ccc2nc(N(CCN(C)C)C(=O)c3ccccc3C)sc2c1.Cl. The zero-order chi connectivity index (χ0) is 18.7. The summed E-state index contributed by atoms with van der Waals surface area (Å²) in [6.07, 6.45) is 0.